The third-order valence-electron chi connectivity index (χ3n) is 4.56. The van der Waals surface area contributed by atoms with Crippen LogP contribution in [0.3, 0.4) is 0 Å². The van der Waals surface area contributed by atoms with Gasteiger partial charge in [0, 0.05) is 19.4 Å². The Balaban J connectivity index is 1.49. The number of hydrogen-bond donors (Lipinski definition) is 1. The summed E-state index contributed by atoms with van der Waals surface area (Å²) in [4.78, 5) is 4.73. The van der Waals surface area contributed by atoms with Crippen LogP contribution in [0.1, 0.15) is 56.1 Å². The number of piperidine rings is 1. The zero-order valence-corrected chi connectivity index (χ0v) is 12.5. The van der Waals surface area contributed by atoms with Gasteiger partial charge in [0.05, 0.1) is 12.7 Å². The summed E-state index contributed by atoms with van der Waals surface area (Å²) in [5.41, 5.74) is 0. The van der Waals surface area contributed by atoms with Gasteiger partial charge in [-0.25, -0.2) is 4.98 Å². The third-order valence-corrected chi connectivity index (χ3v) is 4.56. The maximum atomic E-state index is 5.96. The second-order valence-corrected chi connectivity index (χ2v) is 6.06. The fraction of sp³-hybridized carbons (Fsp3) is 0.867. The van der Waals surface area contributed by atoms with Crippen LogP contribution < -0.4 is 5.32 Å². The van der Waals surface area contributed by atoms with Gasteiger partial charge >= 0.3 is 0 Å². The van der Waals surface area contributed by atoms with Gasteiger partial charge in [-0.05, 0) is 38.8 Å². The molecule has 0 amide bonds. The van der Waals surface area contributed by atoms with Crippen LogP contribution in [0, 0.1) is 0 Å². The maximum absolute atomic E-state index is 5.96. The number of hydrogen-bond acceptors (Lipinski definition) is 4. The molecule has 112 valence electrons. The SMILES string of the molecule is Cn1nc(C2CCCC2)nc1CCOC1CCNCC1. The topological polar surface area (TPSA) is 52.0 Å². The Morgan fingerprint density at radius 3 is 2.70 bits per heavy atom. The molecule has 2 aliphatic rings. The predicted octanol–water partition coefficient (Wildman–Crippen LogP) is 1.78. The molecule has 1 saturated carbocycles. The summed E-state index contributed by atoms with van der Waals surface area (Å²) in [6.45, 7) is 2.93. The molecule has 1 saturated heterocycles. The van der Waals surface area contributed by atoms with Crippen molar-refractivity contribution >= 4 is 0 Å². The molecule has 20 heavy (non-hydrogen) atoms. The molecule has 1 aromatic rings. The number of nitrogens with zero attached hydrogens (tertiary/aromatic N) is 3. The summed E-state index contributed by atoms with van der Waals surface area (Å²) in [6.07, 6.45) is 8.75. The van der Waals surface area contributed by atoms with Crippen LogP contribution in [0.5, 0.6) is 0 Å². The van der Waals surface area contributed by atoms with Crippen molar-refractivity contribution in [3.8, 4) is 0 Å². The fourth-order valence-electron chi connectivity index (χ4n) is 3.29. The van der Waals surface area contributed by atoms with Gasteiger partial charge < -0.3 is 10.1 Å². The molecule has 5 nitrogen and oxygen atoms in total. The standard InChI is InChI=1S/C15H26N4O/c1-19-14(8-11-20-13-6-9-16-10-7-13)17-15(18-19)12-4-2-3-5-12/h12-13,16H,2-11H2,1H3. The van der Waals surface area contributed by atoms with Crippen LogP contribution in [0.25, 0.3) is 0 Å². The molecule has 1 N–H and O–H groups in total. The Morgan fingerprint density at radius 2 is 1.95 bits per heavy atom. The highest BCUT2D eigenvalue weighted by Gasteiger charge is 2.22. The number of aromatic nitrogens is 3. The minimum absolute atomic E-state index is 0.429. The number of rotatable bonds is 5. The zero-order valence-electron chi connectivity index (χ0n) is 12.5. The molecule has 0 atom stereocenters. The Labute approximate surface area is 121 Å². The second kappa shape index (κ2) is 6.68. The van der Waals surface area contributed by atoms with E-state index >= 15 is 0 Å². The molecule has 2 fully saturated rings. The van der Waals surface area contributed by atoms with E-state index in [1.807, 2.05) is 11.7 Å². The molecule has 0 radical (unpaired) electrons. The van der Waals surface area contributed by atoms with Crippen molar-refractivity contribution in [3.63, 3.8) is 0 Å². The van der Waals surface area contributed by atoms with E-state index in [2.05, 4.69) is 10.4 Å². The fourth-order valence-corrected chi connectivity index (χ4v) is 3.29. The van der Waals surface area contributed by atoms with Crippen molar-refractivity contribution in [1.82, 2.24) is 20.1 Å². The van der Waals surface area contributed by atoms with E-state index in [9.17, 15) is 0 Å². The molecule has 1 aliphatic carbocycles. The highest BCUT2D eigenvalue weighted by molar-refractivity contribution is 5.01. The lowest BCUT2D eigenvalue weighted by Crippen LogP contribution is -2.32. The molecule has 0 spiro atoms. The van der Waals surface area contributed by atoms with Crippen molar-refractivity contribution in [2.45, 2.75) is 57.0 Å². The molecule has 5 heteroatoms. The van der Waals surface area contributed by atoms with Gasteiger partial charge in [-0.3, -0.25) is 4.68 Å². The molecular weight excluding hydrogens is 252 g/mol. The smallest absolute Gasteiger partial charge is 0.154 e. The lowest BCUT2D eigenvalue weighted by atomic mass is 10.1. The average Bonchev–Trinajstić information content (AvgIpc) is 3.10. The monoisotopic (exact) mass is 278 g/mol. The molecule has 2 heterocycles. The summed E-state index contributed by atoms with van der Waals surface area (Å²) in [5.74, 6) is 2.72. The minimum Gasteiger partial charge on any atom is -0.378 e. The first-order chi connectivity index (χ1) is 9.83. The predicted molar refractivity (Wildman–Crippen MR) is 77.8 cm³/mol. The summed E-state index contributed by atoms with van der Waals surface area (Å²) in [7, 11) is 2.01. The van der Waals surface area contributed by atoms with E-state index in [4.69, 9.17) is 9.72 Å². The average molecular weight is 278 g/mol. The molecule has 3 rings (SSSR count). The van der Waals surface area contributed by atoms with E-state index in [0.29, 0.717) is 12.0 Å². The van der Waals surface area contributed by atoms with Gasteiger partial charge in [0.15, 0.2) is 5.82 Å². The quantitative estimate of drug-likeness (QED) is 0.892. The lowest BCUT2D eigenvalue weighted by molar-refractivity contribution is 0.0339. The molecule has 0 unspecified atom stereocenters. The Morgan fingerprint density at radius 1 is 1.20 bits per heavy atom. The van der Waals surface area contributed by atoms with Crippen molar-refractivity contribution in [2.24, 2.45) is 7.05 Å². The first-order valence-electron chi connectivity index (χ1n) is 8.05. The zero-order chi connectivity index (χ0) is 13.8. The van der Waals surface area contributed by atoms with E-state index < -0.39 is 0 Å². The summed E-state index contributed by atoms with van der Waals surface area (Å²) < 4.78 is 7.90. The molecule has 1 aromatic heterocycles. The van der Waals surface area contributed by atoms with Gasteiger partial charge in [0.2, 0.25) is 0 Å². The molecule has 0 aromatic carbocycles. The Hall–Kier alpha value is -0.940. The summed E-state index contributed by atoms with van der Waals surface area (Å²) >= 11 is 0. The number of ether oxygens (including phenoxy) is 1. The number of nitrogens with one attached hydrogen (secondary N) is 1. The Bertz CT molecular complexity index is 420. The van der Waals surface area contributed by atoms with Gasteiger partial charge in [-0.2, -0.15) is 5.10 Å². The molecule has 1 aliphatic heterocycles. The van der Waals surface area contributed by atoms with Crippen LogP contribution in [0.4, 0.5) is 0 Å². The van der Waals surface area contributed by atoms with E-state index in [1.165, 1.54) is 25.7 Å². The van der Waals surface area contributed by atoms with Gasteiger partial charge in [-0.1, -0.05) is 12.8 Å². The summed E-state index contributed by atoms with van der Waals surface area (Å²) in [5, 5.41) is 7.96. The Kier molecular flexibility index (Phi) is 4.68. The van der Waals surface area contributed by atoms with E-state index in [0.717, 1.165) is 50.6 Å². The largest absolute Gasteiger partial charge is 0.378 e. The normalized spacial score (nSPS) is 21.6. The van der Waals surface area contributed by atoms with Crippen LogP contribution >= 0.6 is 0 Å². The van der Waals surface area contributed by atoms with Gasteiger partial charge in [0.25, 0.3) is 0 Å². The lowest BCUT2D eigenvalue weighted by Gasteiger charge is -2.22. The van der Waals surface area contributed by atoms with Crippen molar-refractivity contribution in [3.05, 3.63) is 11.6 Å². The van der Waals surface area contributed by atoms with Gasteiger partial charge in [0.1, 0.15) is 5.82 Å². The van der Waals surface area contributed by atoms with Crippen LogP contribution in [0.2, 0.25) is 0 Å². The van der Waals surface area contributed by atoms with Crippen LogP contribution in [-0.4, -0.2) is 40.6 Å². The minimum atomic E-state index is 0.429. The summed E-state index contributed by atoms with van der Waals surface area (Å²) in [6, 6.07) is 0. The van der Waals surface area contributed by atoms with Crippen LogP contribution in [0.15, 0.2) is 0 Å². The van der Waals surface area contributed by atoms with Crippen molar-refractivity contribution < 1.29 is 4.74 Å². The van der Waals surface area contributed by atoms with Crippen LogP contribution in [-0.2, 0) is 18.2 Å². The third kappa shape index (κ3) is 3.38. The van der Waals surface area contributed by atoms with Crippen molar-refractivity contribution in [1.29, 1.82) is 0 Å². The molecule has 0 bridgehead atoms. The van der Waals surface area contributed by atoms with Gasteiger partial charge in [-0.15, -0.1) is 0 Å². The maximum Gasteiger partial charge on any atom is 0.154 e. The van der Waals surface area contributed by atoms with Crippen molar-refractivity contribution in [2.75, 3.05) is 19.7 Å². The second-order valence-electron chi connectivity index (χ2n) is 6.06. The number of aryl methyl sites for hydroxylation is 1. The first-order valence-corrected chi connectivity index (χ1v) is 8.05. The van der Waals surface area contributed by atoms with E-state index in [-0.39, 0.29) is 0 Å². The highest BCUT2D eigenvalue weighted by atomic mass is 16.5. The highest BCUT2D eigenvalue weighted by Crippen LogP contribution is 2.32. The van der Waals surface area contributed by atoms with E-state index in [1.54, 1.807) is 0 Å². The first kappa shape index (κ1) is 14.0. The molecular formula is C15H26N4O.